The van der Waals surface area contributed by atoms with Gasteiger partial charge < -0.3 is 10.4 Å². The van der Waals surface area contributed by atoms with Crippen LogP contribution >= 0.6 is 11.8 Å². The van der Waals surface area contributed by atoms with Crippen molar-refractivity contribution >= 4 is 11.8 Å². The Bertz CT molecular complexity index is 107. The van der Waals surface area contributed by atoms with Crippen LogP contribution in [0.25, 0.3) is 0 Å². The van der Waals surface area contributed by atoms with Crippen LogP contribution < -0.4 is 5.32 Å². The van der Waals surface area contributed by atoms with Gasteiger partial charge in [-0.3, -0.25) is 0 Å². The molecular weight excluding hydrogens is 158 g/mol. The van der Waals surface area contributed by atoms with Crippen LogP contribution in [-0.2, 0) is 0 Å². The molecule has 2 N–H and O–H groups in total. The van der Waals surface area contributed by atoms with E-state index in [-0.39, 0.29) is 5.54 Å². The van der Waals surface area contributed by atoms with Gasteiger partial charge in [-0.05, 0) is 37.8 Å². The van der Waals surface area contributed by atoms with Crippen molar-refractivity contribution in [3.8, 4) is 0 Å². The predicted molar refractivity (Wildman–Crippen MR) is 50.1 cm³/mol. The molecule has 0 saturated carbocycles. The Morgan fingerprint density at radius 3 is 2.55 bits per heavy atom. The fraction of sp³-hybridized carbons (Fsp3) is 1.00. The minimum atomic E-state index is 0.250. The van der Waals surface area contributed by atoms with Gasteiger partial charge in [0.25, 0.3) is 0 Å². The van der Waals surface area contributed by atoms with Crippen LogP contribution in [0.1, 0.15) is 19.3 Å². The van der Waals surface area contributed by atoms with E-state index in [0.717, 1.165) is 6.42 Å². The summed E-state index contributed by atoms with van der Waals surface area (Å²) in [6, 6.07) is 0. The van der Waals surface area contributed by atoms with E-state index in [4.69, 9.17) is 5.11 Å². The van der Waals surface area contributed by atoms with E-state index < -0.39 is 0 Å². The summed E-state index contributed by atoms with van der Waals surface area (Å²) in [6.07, 6.45) is 3.31. The molecule has 1 fully saturated rings. The van der Waals surface area contributed by atoms with Crippen molar-refractivity contribution in [3.63, 3.8) is 0 Å². The third kappa shape index (κ3) is 2.36. The summed E-state index contributed by atoms with van der Waals surface area (Å²) >= 11 is 2.02. The SMILES string of the molecule is CNC1(CCO)CCSCC1. The van der Waals surface area contributed by atoms with Crippen LogP contribution in [0, 0.1) is 0 Å². The van der Waals surface area contributed by atoms with Crippen LogP contribution in [0.4, 0.5) is 0 Å². The van der Waals surface area contributed by atoms with E-state index in [0.29, 0.717) is 6.61 Å². The summed E-state index contributed by atoms with van der Waals surface area (Å²) in [7, 11) is 2.01. The molecule has 66 valence electrons. The summed E-state index contributed by atoms with van der Waals surface area (Å²) in [5.41, 5.74) is 0.250. The Kier molecular flexibility index (Phi) is 3.69. The Morgan fingerprint density at radius 2 is 2.09 bits per heavy atom. The zero-order chi connectivity index (χ0) is 8.16. The lowest BCUT2D eigenvalue weighted by Gasteiger charge is -2.36. The second-order valence-electron chi connectivity index (χ2n) is 3.12. The standard InChI is InChI=1S/C8H17NOS/c1-9-8(2-5-10)3-6-11-7-4-8/h9-10H,2-7H2,1H3. The topological polar surface area (TPSA) is 32.3 Å². The van der Waals surface area contributed by atoms with Gasteiger partial charge in [-0.2, -0.15) is 11.8 Å². The summed E-state index contributed by atoms with van der Waals surface area (Å²) in [6.45, 7) is 0.311. The van der Waals surface area contributed by atoms with Gasteiger partial charge in [0.15, 0.2) is 0 Å². The largest absolute Gasteiger partial charge is 0.396 e. The van der Waals surface area contributed by atoms with Gasteiger partial charge in [0.05, 0.1) is 0 Å². The summed E-state index contributed by atoms with van der Waals surface area (Å²) in [5.74, 6) is 2.47. The van der Waals surface area contributed by atoms with Gasteiger partial charge in [0.2, 0.25) is 0 Å². The third-order valence-electron chi connectivity index (χ3n) is 2.57. The van der Waals surface area contributed by atoms with Gasteiger partial charge >= 0.3 is 0 Å². The molecule has 0 aromatic carbocycles. The molecule has 2 nitrogen and oxygen atoms in total. The van der Waals surface area contributed by atoms with Crippen molar-refractivity contribution in [1.82, 2.24) is 5.32 Å². The minimum Gasteiger partial charge on any atom is -0.396 e. The van der Waals surface area contributed by atoms with Gasteiger partial charge in [-0.25, -0.2) is 0 Å². The van der Waals surface area contributed by atoms with E-state index in [1.54, 1.807) is 0 Å². The molecule has 11 heavy (non-hydrogen) atoms. The predicted octanol–water partition coefficient (Wildman–Crippen LogP) is 0.854. The molecule has 0 aliphatic carbocycles. The lowest BCUT2D eigenvalue weighted by Crippen LogP contribution is -2.46. The molecule has 0 aromatic heterocycles. The first-order chi connectivity index (χ1) is 5.33. The van der Waals surface area contributed by atoms with Crippen LogP contribution in [-0.4, -0.2) is 35.8 Å². The van der Waals surface area contributed by atoms with Crippen molar-refractivity contribution in [2.45, 2.75) is 24.8 Å². The lowest BCUT2D eigenvalue weighted by molar-refractivity contribution is 0.206. The van der Waals surface area contributed by atoms with Crippen molar-refractivity contribution in [1.29, 1.82) is 0 Å². The van der Waals surface area contributed by atoms with Crippen LogP contribution in [0.15, 0.2) is 0 Å². The summed E-state index contributed by atoms with van der Waals surface area (Å²) < 4.78 is 0. The van der Waals surface area contributed by atoms with Crippen LogP contribution in [0.5, 0.6) is 0 Å². The molecule has 3 heteroatoms. The normalized spacial score (nSPS) is 23.5. The first-order valence-corrected chi connectivity index (χ1v) is 5.36. The van der Waals surface area contributed by atoms with Crippen molar-refractivity contribution in [2.75, 3.05) is 25.2 Å². The number of aliphatic hydroxyl groups is 1. The number of hydrogen-bond donors (Lipinski definition) is 2. The smallest absolute Gasteiger partial charge is 0.0448 e. The van der Waals surface area contributed by atoms with Gasteiger partial charge in [0, 0.05) is 12.1 Å². The maximum Gasteiger partial charge on any atom is 0.0448 e. The van der Waals surface area contributed by atoms with Crippen LogP contribution in [0.3, 0.4) is 0 Å². The molecule has 1 aliphatic rings. The first kappa shape index (κ1) is 9.36. The molecule has 0 aromatic rings. The second kappa shape index (κ2) is 4.33. The van der Waals surface area contributed by atoms with E-state index in [1.807, 2.05) is 18.8 Å². The molecule has 1 aliphatic heterocycles. The Hall–Kier alpha value is 0.270. The van der Waals surface area contributed by atoms with Crippen molar-refractivity contribution in [2.24, 2.45) is 0 Å². The highest BCUT2D eigenvalue weighted by Crippen LogP contribution is 2.28. The molecule has 0 atom stereocenters. The number of hydrogen-bond acceptors (Lipinski definition) is 3. The molecular formula is C8H17NOS. The van der Waals surface area contributed by atoms with Crippen molar-refractivity contribution < 1.29 is 5.11 Å². The average Bonchev–Trinajstić information content (AvgIpc) is 2.07. The molecule has 0 amide bonds. The van der Waals surface area contributed by atoms with E-state index in [2.05, 4.69) is 5.32 Å². The Labute approximate surface area is 72.8 Å². The summed E-state index contributed by atoms with van der Waals surface area (Å²) in [4.78, 5) is 0. The minimum absolute atomic E-state index is 0.250. The maximum atomic E-state index is 8.87. The zero-order valence-corrected chi connectivity index (χ0v) is 7.91. The highest BCUT2D eigenvalue weighted by Gasteiger charge is 2.29. The Balaban J connectivity index is 2.42. The fourth-order valence-corrected chi connectivity index (χ4v) is 2.88. The number of nitrogens with one attached hydrogen (secondary N) is 1. The van der Waals surface area contributed by atoms with E-state index >= 15 is 0 Å². The molecule has 1 rings (SSSR count). The van der Waals surface area contributed by atoms with Gasteiger partial charge in [0.1, 0.15) is 0 Å². The maximum absolute atomic E-state index is 8.87. The highest BCUT2D eigenvalue weighted by molar-refractivity contribution is 7.99. The third-order valence-corrected chi connectivity index (χ3v) is 3.56. The molecule has 0 spiro atoms. The highest BCUT2D eigenvalue weighted by atomic mass is 32.2. The monoisotopic (exact) mass is 175 g/mol. The molecule has 0 radical (unpaired) electrons. The first-order valence-electron chi connectivity index (χ1n) is 4.20. The molecule has 0 bridgehead atoms. The molecule has 1 heterocycles. The summed E-state index contributed by atoms with van der Waals surface area (Å²) in [5, 5.41) is 12.2. The number of thioether (sulfide) groups is 1. The fourth-order valence-electron chi connectivity index (χ4n) is 1.60. The van der Waals surface area contributed by atoms with Gasteiger partial charge in [-0.15, -0.1) is 0 Å². The Morgan fingerprint density at radius 1 is 1.45 bits per heavy atom. The number of rotatable bonds is 3. The van der Waals surface area contributed by atoms with Gasteiger partial charge in [-0.1, -0.05) is 0 Å². The van der Waals surface area contributed by atoms with Crippen LogP contribution in [0.2, 0.25) is 0 Å². The average molecular weight is 175 g/mol. The second-order valence-corrected chi connectivity index (χ2v) is 4.34. The number of aliphatic hydroxyl groups excluding tert-OH is 1. The molecule has 1 saturated heterocycles. The quantitative estimate of drug-likeness (QED) is 0.667. The van der Waals surface area contributed by atoms with Crippen molar-refractivity contribution in [3.05, 3.63) is 0 Å². The molecule has 0 unspecified atom stereocenters. The van der Waals surface area contributed by atoms with E-state index in [9.17, 15) is 0 Å². The lowest BCUT2D eigenvalue weighted by atomic mass is 9.89. The zero-order valence-electron chi connectivity index (χ0n) is 7.10. The van der Waals surface area contributed by atoms with E-state index in [1.165, 1.54) is 24.3 Å².